The predicted molar refractivity (Wildman–Crippen MR) is 120 cm³/mol. The van der Waals surface area contributed by atoms with Crippen molar-refractivity contribution in [2.24, 2.45) is 17.3 Å². The Kier molecular flexibility index (Phi) is 4.67. The Morgan fingerprint density at radius 2 is 1.90 bits per heavy atom. The summed E-state index contributed by atoms with van der Waals surface area (Å²) in [5.74, 6) is 1.57. The van der Waals surface area contributed by atoms with Crippen molar-refractivity contribution in [2.45, 2.75) is 20.0 Å². The van der Waals surface area contributed by atoms with Crippen LogP contribution < -0.4 is 15.6 Å². The largest absolute Gasteiger partial charge is 0.316 e. The average Bonchev–Trinajstić information content (AvgIpc) is 3.03. The molecular weight excluding hydrogens is 370 g/mol. The highest BCUT2D eigenvalue weighted by Gasteiger charge is 2.62. The molecule has 2 aromatic rings. The lowest BCUT2D eigenvalue weighted by molar-refractivity contribution is 0.260. The molecule has 0 amide bonds. The second-order valence-electron chi connectivity index (χ2n) is 9.16. The monoisotopic (exact) mass is 399 g/mol. The topological polar surface area (TPSA) is 54.3 Å². The second-order valence-corrected chi connectivity index (χ2v) is 9.16. The van der Waals surface area contributed by atoms with E-state index in [1.807, 2.05) is 24.3 Å². The molecule has 4 unspecified atom stereocenters. The molecule has 1 aliphatic carbocycles. The summed E-state index contributed by atoms with van der Waals surface area (Å²) in [5, 5.41) is 21.0. The molecule has 1 saturated carbocycles. The molecule has 4 atom stereocenters. The summed E-state index contributed by atoms with van der Waals surface area (Å²) in [5.41, 5.74) is 5.84. The summed E-state index contributed by atoms with van der Waals surface area (Å²) in [7, 11) is 2.13. The minimum atomic E-state index is 0.134. The summed E-state index contributed by atoms with van der Waals surface area (Å²) >= 11 is 0. The molecule has 0 aromatic heterocycles. The highest BCUT2D eigenvalue weighted by molar-refractivity contribution is 5.81. The number of aryl methyl sites for hydroxylation is 1. The fourth-order valence-electron chi connectivity index (χ4n) is 5.28. The number of hydrazine groups is 1. The SMILES string of the molecule is Cc1ccc(C2=CC(NCC3C4CNCC43C)N(C)N2c2ccc(C#N)cc2)cc1. The number of nitrogens with zero attached hydrogens (tertiary/aromatic N) is 3. The van der Waals surface area contributed by atoms with E-state index < -0.39 is 0 Å². The molecule has 5 nitrogen and oxygen atoms in total. The van der Waals surface area contributed by atoms with Crippen LogP contribution in [0.25, 0.3) is 5.70 Å². The van der Waals surface area contributed by atoms with Crippen molar-refractivity contribution >= 4 is 11.4 Å². The summed E-state index contributed by atoms with van der Waals surface area (Å²) < 4.78 is 0. The van der Waals surface area contributed by atoms with Crippen LogP contribution in [-0.4, -0.2) is 37.9 Å². The first kappa shape index (κ1) is 19.3. The van der Waals surface area contributed by atoms with Crippen LogP contribution in [0.5, 0.6) is 0 Å². The molecule has 0 spiro atoms. The number of benzene rings is 2. The van der Waals surface area contributed by atoms with Crippen molar-refractivity contribution in [3.05, 3.63) is 71.3 Å². The number of anilines is 1. The molecule has 0 bridgehead atoms. The van der Waals surface area contributed by atoms with Gasteiger partial charge in [0.25, 0.3) is 0 Å². The van der Waals surface area contributed by atoms with E-state index in [2.05, 4.69) is 78.0 Å². The minimum Gasteiger partial charge on any atom is -0.316 e. The van der Waals surface area contributed by atoms with E-state index in [-0.39, 0.29) is 6.17 Å². The Bertz CT molecular complexity index is 1000. The molecule has 2 N–H and O–H groups in total. The molecule has 2 heterocycles. The standard InChI is InChI=1S/C25H29N5/c1-17-4-8-19(9-5-17)23-12-24(28-15-22-21-14-27-16-25(21,22)2)29(3)30(23)20-10-6-18(13-26)7-11-20/h4-12,21-22,24,27-28H,14-16H2,1-3H3. The molecule has 0 radical (unpaired) electrons. The van der Waals surface area contributed by atoms with Gasteiger partial charge >= 0.3 is 0 Å². The van der Waals surface area contributed by atoms with Gasteiger partial charge in [0.2, 0.25) is 0 Å². The van der Waals surface area contributed by atoms with Crippen LogP contribution in [0.1, 0.15) is 23.6 Å². The molecule has 3 aliphatic rings. The first-order valence-electron chi connectivity index (χ1n) is 10.8. The van der Waals surface area contributed by atoms with Crippen LogP contribution in [0.4, 0.5) is 5.69 Å². The van der Waals surface area contributed by atoms with Gasteiger partial charge in [-0.05, 0) is 66.6 Å². The maximum atomic E-state index is 9.16. The Hall–Kier alpha value is -2.65. The minimum absolute atomic E-state index is 0.134. The van der Waals surface area contributed by atoms with Crippen LogP contribution in [0.3, 0.4) is 0 Å². The number of hydrogen-bond donors (Lipinski definition) is 2. The molecule has 30 heavy (non-hydrogen) atoms. The molecule has 5 rings (SSSR count). The van der Waals surface area contributed by atoms with Gasteiger partial charge in [-0.25, -0.2) is 0 Å². The van der Waals surface area contributed by atoms with Crippen LogP contribution in [-0.2, 0) is 0 Å². The van der Waals surface area contributed by atoms with Gasteiger partial charge in [0, 0.05) is 20.1 Å². The molecule has 1 saturated heterocycles. The number of likely N-dealkylation sites (N-methyl/N-ethyl adjacent to an activating group) is 1. The van der Waals surface area contributed by atoms with Gasteiger partial charge < -0.3 is 5.32 Å². The smallest absolute Gasteiger partial charge is 0.0994 e. The molecule has 2 aromatic carbocycles. The van der Waals surface area contributed by atoms with E-state index in [0.717, 1.165) is 37.2 Å². The van der Waals surface area contributed by atoms with Crippen molar-refractivity contribution in [1.82, 2.24) is 15.6 Å². The number of nitrogens with one attached hydrogen (secondary N) is 2. The fourth-order valence-corrected chi connectivity index (χ4v) is 5.28. The first-order chi connectivity index (χ1) is 14.5. The van der Waals surface area contributed by atoms with E-state index in [4.69, 9.17) is 5.26 Å². The third-order valence-electron chi connectivity index (χ3n) is 7.34. The normalized spacial score (nSPS) is 30.1. The predicted octanol–water partition coefficient (Wildman–Crippen LogP) is 3.35. The van der Waals surface area contributed by atoms with Crippen molar-refractivity contribution in [1.29, 1.82) is 5.26 Å². The highest BCUT2D eigenvalue weighted by atomic mass is 15.7. The Balaban J connectivity index is 1.40. The van der Waals surface area contributed by atoms with Gasteiger partial charge in [0.05, 0.1) is 29.2 Å². The molecular formula is C25H29N5. The van der Waals surface area contributed by atoms with Crippen LogP contribution in [0.15, 0.2) is 54.6 Å². The Morgan fingerprint density at radius 3 is 2.53 bits per heavy atom. The maximum absolute atomic E-state index is 9.16. The summed E-state index contributed by atoms with van der Waals surface area (Å²) in [6, 6.07) is 18.7. The van der Waals surface area contributed by atoms with E-state index in [1.54, 1.807) is 0 Å². The van der Waals surface area contributed by atoms with Gasteiger partial charge in [0.1, 0.15) is 0 Å². The fraction of sp³-hybridized carbons (Fsp3) is 0.400. The van der Waals surface area contributed by atoms with E-state index in [0.29, 0.717) is 11.0 Å². The van der Waals surface area contributed by atoms with Crippen LogP contribution in [0, 0.1) is 35.5 Å². The molecule has 2 aliphatic heterocycles. The summed E-state index contributed by atoms with van der Waals surface area (Å²) in [6.07, 6.45) is 2.46. The van der Waals surface area contributed by atoms with Crippen molar-refractivity contribution in [2.75, 3.05) is 31.7 Å². The Labute approximate surface area is 179 Å². The summed E-state index contributed by atoms with van der Waals surface area (Å²) in [4.78, 5) is 0. The van der Waals surface area contributed by atoms with Gasteiger partial charge in [-0.2, -0.15) is 10.3 Å². The molecule has 2 fully saturated rings. The summed E-state index contributed by atoms with van der Waals surface area (Å²) in [6.45, 7) is 7.87. The van der Waals surface area contributed by atoms with Gasteiger partial charge in [-0.15, -0.1) is 0 Å². The van der Waals surface area contributed by atoms with Crippen LogP contribution in [0.2, 0.25) is 0 Å². The van der Waals surface area contributed by atoms with Crippen LogP contribution >= 0.6 is 0 Å². The lowest BCUT2D eigenvalue weighted by atomic mass is 10.1. The van der Waals surface area contributed by atoms with E-state index >= 15 is 0 Å². The van der Waals surface area contributed by atoms with Crippen molar-refractivity contribution in [3.63, 3.8) is 0 Å². The third kappa shape index (κ3) is 3.13. The van der Waals surface area contributed by atoms with Gasteiger partial charge in [-0.3, -0.25) is 10.3 Å². The zero-order valence-corrected chi connectivity index (χ0v) is 17.9. The lowest BCUT2D eigenvalue weighted by Gasteiger charge is -2.33. The number of hydrogen-bond acceptors (Lipinski definition) is 5. The second kappa shape index (κ2) is 7.24. The quantitative estimate of drug-likeness (QED) is 0.808. The first-order valence-corrected chi connectivity index (χ1v) is 10.8. The zero-order valence-electron chi connectivity index (χ0n) is 17.9. The van der Waals surface area contributed by atoms with Crippen molar-refractivity contribution in [3.8, 4) is 6.07 Å². The van der Waals surface area contributed by atoms with Gasteiger partial charge in [-0.1, -0.05) is 36.8 Å². The molecule has 154 valence electrons. The van der Waals surface area contributed by atoms with Crippen molar-refractivity contribution < 1.29 is 0 Å². The number of nitriles is 1. The number of piperidine rings is 1. The van der Waals surface area contributed by atoms with E-state index in [1.165, 1.54) is 16.8 Å². The highest BCUT2D eigenvalue weighted by Crippen LogP contribution is 2.60. The molecule has 5 heteroatoms. The lowest BCUT2D eigenvalue weighted by Crippen LogP contribution is -2.47. The number of rotatable bonds is 5. The Morgan fingerprint density at radius 1 is 1.17 bits per heavy atom. The zero-order chi connectivity index (χ0) is 20.9. The average molecular weight is 400 g/mol. The van der Waals surface area contributed by atoms with Gasteiger partial charge in [0.15, 0.2) is 0 Å². The van der Waals surface area contributed by atoms with E-state index in [9.17, 15) is 0 Å². The number of fused-ring (bicyclic) bond motifs is 1. The maximum Gasteiger partial charge on any atom is 0.0994 e. The third-order valence-corrected chi connectivity index (χ3v) is 7.34.